The third-order valence-electron chi connectivity index (χ3n) is 3.77. The van der Waals surface area contributed by atoms with Crippen LogP contribution in [0.15, 0.2) is 28.9 Å². The van der Waals surface area contributed by atoms with Gasteiger partial charge in [0.1, 0.15) is 5.60 Å². The molecule has 2 rings (SSSR count). The molecule has 0 bridgehead atoms. The van der Waals surface area contributed by atoms with Gasteiger partial charge in [0.15, 0.2) is 10.0 Å². The summed E-state index contributed by atoms with van der Waals surface area (Å²) in [5.41, 5.74) is 0.302. The van der Waals surface area contributed by atoms with Crippen molar-refractivity contribution in [3.63, 3.8) is 0 Å². The zero-order valence-electron chi connectivity index (χ0n) is 16.3. The predicted molar refractivity (Wildman–Crippen MR) is 105 cm³/mol. The number of nitrogens with one attached hydrogen (secondary N) is 2. The number of carbonyl (C=O) groups excluding carboxylic acids is 3. The van der Waals surface area contributed by atoms with Gasteiger partial charge < -0.3 is 15.4 Å². The van der Waals surface area contributed by atoms with Gasteiger partial charge in [-0.2, -0.15) is 0 Å². The highest BCUT2D eigenvalue weighted by atomic mass is 32.2. The van der Waals surface area contributed by atoms with Crippen LogP contribution in [0.1, 0.15) is 47.5 Å². The molecular weight excluding hydrogens is 368 g/mol. The lowest BCUT2D eigenvalue weighted by atomic mass is 9.96. The second-order valence-corrected chi connectivity index (χ2v) is 8.58. The summed E-state index contributed by atoms with van der Waals surface area (Å²) >= 11 is 1.24. The maximum Gasteiger partial charge on any atom is 0.407 e. The molecule has 0 spiro atoms. The van der Waals surface area contributed by atoms with E-state index in [-0.39, 0.29) is 18.4 Å². The highest BCUT2D eigenvalue weighted by Crippen LogP contribution is 2.44. The lowest BCUT2D eigenvalue weighted by Gasteiger charge is -2.37. The van der Waals surface area contributed by atoms with Crippen molar-refractivity contribution in [3.05, 3.63) is 23.8 Å². The van der Waals surface area contributed by atoms with Crippen molar-refractivity contribution in [2.24, 2.45) is 5.10 Å². The molecule has 9 heteroatoms. The van der Waals surface area contributed by atoms with Gasteiger partial charge in [0.25, 0.3) is 0 Å². The number of hydrogen-bond acceptors (Lipinski definition) is 6. The summed E-state index contributed by atoms with van der Waals surface area (Å²) in [5, 5.41) is 11.3. The molecule has 0 aromatic rings. The minimum Gasteiger partial charge on any atom is -0.444 e. The smallest absolute Gasteiger partial charge is 0.407 e. The van der Waals surface area contributed by atoms with Gasteiger partial charge in [0.05, 0.1) is 6.54 Å². The molecule has 0 fully saturated rings. The molecule has 0 aromatic carbocycles. The van der Waals surface area contributed by atoms with Gasteiger partial charge in [-0.1, -0.05) is 18.2 Å². The number of nitrogens with zero attached hydrogens (tertiary/aromatic N) is 2. The van der Waals surface area contributed by atoms with E-state index < -0.39 is 16.6 Å². The van der Waals surface area contributed by atoms with Gasteiger partial charge in [-0.05, 0) is 50.9 Å². The summed E-state index contributed by atoms with van der Waals surface area (Å²) in [6, 6.07) is 0. The monoisotopic (exact) mass is 394 g/mol. The first-order valence-corrected chi connectivity index (χ1v) is 9.54. The fourth-order valence-electron chi connectivity index (χ4n) is 2.78. The molecular formula is C18H26N4O4S. The molecule has 1 heterocycles. The summed E-state index contributed by atoms with van der Waals surface area (Å²) in [4.78, 5) is 35.0. The van der Waals surface area contributed by atoms with Crippen molar-refractivity contribution in [1.82, 2.24) is 15.6 Å². The van der Waals surface area contributed by atoms with Crippen LogP contribution in [-0.2, 0) is 14.3 Å². The first-order chi connectivity index (χ1) is 12.5. The molecule has 27 heavy (non-hydrogen) atoms. The molecule has 1 atom stereocenters. The number of allylic oxidation sites excluding steroid dienone is 3. The van der Waals surface area contributed by atoms with E-state index in [0.29, 0.717) is 11.6 Å². The van der Waals surface area contributed by atoms with Crippen molar-refractivity contribution < 1.29 is 19.1 Å². The average Bonchev–Trinajstić information content (AvgIpc) is 2.91. The van der Waals surface area contributed by atoms with Crippen LogP contribution in [0, 0.1) is 0 Å². The summed E-state index contributed by atoms with van der Waals surface area (Å²) in [6.45, 7) is 8.21. The van der Waals surface area contributed by atoms with Gasteiger partial charge in [-0.15, -0.1) is 5.10 Å². The molecule has 1 unspecified atom stereocenters. The Balaban J connectivity index is 2.32. The summed E-state index contributed by atoms with van der Waals surface area (Å²) in [6.07, 6.45) is 6.84. The van der Waals surface area contributed by atoms with E-state index >= 15 is 0 Å². The lowest BCUT2D eigenvalue weighted by Crippen LogP contribution is -2.53. The number of alkyl carbamates (subject to hydrolysis) is 1. The number of hydrogen-bond donors (Lipinski definition) is 2. The van der Waals surface area contributed by atoms with E-state index in [1.165, 1.54) is 30.6 Å². The molecule has 2 aliphatic rings. The number of ether oxygens (including phenoxy) is 1. The first kappa shape index (κ1) is 21.0. The third-order valence-corrected chi connectivity index (χ3v) is 5.06. The number of amides is 3. The zero-order chi connectivity index (χ0) is 20.2. The molecule has 3 amide bonds. The molecule has 1 aliphatic carbocycles. The minimum absolute atomic E-state index is 0.0957. The van der Waals surface area contributed by atoms with Gasteiger partial charge in [0, 0.05) is 13.8 Å². The van der Waals surface area contributed by atoms with Crippen LogP contribution in [0.3, 0.4) is 0 Å². The Morgan fingerprint density at radius 3 is 2.56 bits per heavy atom. The van der Waals surface area contributed by atoms with E-state index in [1.807, 2.05) is 18.2 Å². The third kappa shape index (κ3) is 5.35. The number of amidine groups is 1. The Labute approximate surface area is 163 Å². The normalized spacial score (nSPS) is 22.0. The Morgan fingerprint density at radius 1 is 1.33 bits per heavy atom. The van der Waals surface area contributed by atoms with Crippen molar-refractivity contribution in [2.45, 2.75) is 57.9 Å². The Hall–Kier alpha value is -2.29. The zero-order valence-corrected chi connectivity index (χ0v) is 17.1. The molecule has 2 N–H and O–H groups in total. The quantitative estimate of drug-likeness (QED) is 0.766. The Morgan fingerprint density at radius 2 is 2.04 bits per heavy atom. The van der Waals surface area contributed by atoms with Crippen LogP contribution >= 0.6 is 11.8 Å². The van der Waals surface area contributed by atoms with E-state index in [0.717, 1.165) is 12.0 Å². The van der Waals surface area contributed by atoms with Crippen molar-refractivity contribution in [3.8, 4) is 0 Å². The topological polar surface area (TPSA) is 100 Å². The predicted octanol–water partition coefficient (Wildman–Crippen LogP) is 2.49. The van der Waals surface area contributed by atoms with Gasteiger partial charge in [-0.25, -0.2) is 9.80 Å². The molecule has 0 aromatic heterocycles. The van der Waals surface area contributed by atoms with Crippen LogP contribution in [0.25, 0.3) is 0 Å². The average molecular weight is 394 g/mol. The highest BCUT2D eigenvalue weighted by molar-refractivity contribution is 8.15. The second kappa shape index (κ2) is 8.16. The number of carbonyl (C=O) groups is 3. The van der Waals surface area contributed by atoms with Crippen LogP contribution in [0.2, 0.25) is 0 Å². The largest absolute Gasteiger partial charge is 0.444 e. The number of thioether (sulfide) groups is 1. The van der Waals surface area contributed by atoms with Gasteiger partial charge >= 0.3 is 6.09 Å². The fourth-order valence-corrected chi connectivity index (χ4v) is 4.12. The van der Waals surface area contributed by atoms with E-state index in [4.69, 9.17) is 4.74 Å². The van der Waals surface area contributed by atoms with E-state index in [9.17, 15) is 14.4 Å². The number of hydrazone groups is 1. The van der Waals surface area contributed by atoms with E-state index in [2.05, 4.69) is 15.7 Å². The van der Waals surface area contributed by atoms with Crippen LogP contribution in [-0.4, -0.2) is 45.1 Å². The molecule has 0 saturated heterocycles. The fraction of sp³-hybridized carbons (Fsp3) is 0.556. The minimum atomic E-state index is -0.953. The van der Waals surface area contributed by atoms with Crippen LogP contribution in [0.4, 0.5) is 4.79 Å². The molecule has 1 aliphatic heterocycles. The maximum absolute atomic E-state index is 12.3. The van der Waals surface area contributed by atoms with Crippen LogP contribution in [0.5, 0.6) is 0 Å². The summed E-state index contributed by atoms with van der Waals surface area (Å²) in [5.74, 6) is -0.567. The summed E-state index contributed by atoms with van der Waals surface area (Å²) in [7, 11) is 0. The maximum atomic E-state index is 12.3. The van der Waals surface area contributed by atoms with Gasteiger partial charge in [-0.3, -0.25) is 9.59 Å². The molecule has 0 radical (unpaired) electrons. The summed E-state index contributed by atoms with van der Waals surface area (Å²) < 4.78 is 5.31. The van der Waals surface area contributed by atoms with Gasteiger partial charge in [0.2, 0.25) is 11.8 Å². The molecule has 148 valence electrons. The highest BCUT2D eigenvalue weighted by Gasteiger charge is 2.49. The van der Waals surface area contributed by atoms with Crippen LogP contribution < -0.4 is 10.6 Å². The molecule has 8 nitrogen and oxygen atoms in total. The van der Waals surface area contributed by atoms with E-state index in [1.54, 1.807) is 20.8 Å². The standard InChI is InChI=1S/C18H26N4O4S/c1-12(23)20-15-21-22(13(2)24)18(27-15,14-9-7-6-8-10-14)11-19-16(25)26-17(3,4)5/h6-7,9H,8,10-11H2,1-5H3,(H,19,25)(H,20,21,23). The lowest BCUT2D eigenvalue weighted by molar-refractivity contribution is -0.131. The second-order valence-electron chi connectivity index (χ2n) is 7.32. The number of rotatable bonds is 3. The Kier molecular flexibility index (Phi) is 6.35. The van der Waals surface area contributed by atoms with Crippen molar-refractivity contribution in [2.75, 3.05) is 6.54 Å². The van der Waals surface area contributed by atoms with Crippen molar-refractivity contribution >= 4 is 34.8 Å². The first-order valence-electron chi connectivity index (χ1n) is 8.72. The van der Waals surface area contributed by atoms with Crippen molar-refractivity contribution in [1.29, 1.82) is 0 Å². The SMILES string of the molecule is CC(=O)NC1=NN(C(C)=O)C(CNC(=O)OC(C)(C)C)(C2=CC=CCC2)S1. The Bertz CT molecular complexity index is 723. The molecule has 0 saturated carbocycles.